The van der Waals surface area contributed by atoms with Gasteiger partial charge in [0.15, 0.2) is 0 Å². The lowest BCUT2D eigenvalue weighted by Crippen LogP contribution is -2.34. The molecule has 0 aromatic heterocycles. The van der Waals surface area contributed by atoms with Crippen molar-refractivity contribution in [3.63, 3.8) is 0 Å². The number of carbonyl (C=O) groups excluding carboxylic acids is 2. The topological polar surface area (TPSA) is 58.9 Å². The molecule has 0 spiro atoms. The summed E-state index contributed by atoms with van der Waals surface area (Å²) in [4.78, 5) is 30.2. The van der Waals surface area contributed by atoms with E-state index in [1.807, 2.05) is 12.1 Å². The van der Waals surface area contributed by atoms with E-state index in [2.05, 4.69) is 9.98 Å². The molecule has 76 valence electrons. The van der Waals surface area contributed by atoms with Gasteiger partial charge in [0.25, 0.3) is 11.8 Å². The zero-order valence-corrected chi connectivity index (χ0v) is 8.18. The molecule has 0 atom stereocenters. The number of benzene rings is 1. The summed E-state index contributed by atoms with van der Waals surface area (Å²) in [5, 5.41) is 0.977. The van der Waals surface area contributed by atoms with Gasteiger partial charge in [0.2, 0.25) is 0 Å². The van der Waals surface area contributed by atoms with Gasteiger partial charge in [-0.3, -0.25) is 9.59 Å². The van der Waals surface area contributed by atoms with Crippen LogP contribution in [0.4, 0.5) is 0 Å². The quantitative estimate of drug-likeness (QED) is 0.606. The van der Waals surface area contributed by atoms with Gasteiger partial charge in [-0.05, 0) is 12.2 Å². The summed E-state index contributed by atoms with van der Waals surface area (Å²) < 4.78 is 0. The second-order valence-corrected chi connectivity index (χ2v) is 3.51. The maximum atomic E-state index is 11.2. The fourth-order valence-corrected chi connectivity index (χ4v) is 1.73. The molecule has 0 fully saturated rings. The third-order valence-electron chi connectivity index (χ3n) is 2.47. The molecule has 3 rings (SSSR count). The van der Waals surface area contributed by atoms with Crippen molar-refractivity contribution >= 4 is 24.0 Å². The van der Waals surface area contributed by atoms with Gasteiger partial charge < -0.3 is 0 Å². The van der Waals surface area contributed by atoms with Gasteiger partial charge in [0, 0.05) is 23.3 Å². The molecule has 2 aliphatic heterocycles. The molecule has 4 nitrogen and oxygen atoms in total. The Morgan fingerprint density at radius 2 is 1.12 bits per heavy atom. The number of amides is 2. The molecule has 0 unspecified atom stereocenters. The molecule has 0 saturated heterocycles. The van der Waals surface area contributed by atoms with Crippen LogP contribution in [0.25, 0.3) is 12.2 Å². The van der Waals surface area contributed by atoms with E-state index in [-0.39, 0.29) is 11.8 Å². The molecule has 1 aromatic rings. The van der Waals surface area contributed by atoms with Crippen molar-refractivity contribution in [3.8, 4) is 0 Å². The minimum atomic E-state index is -0.321. The lowest BCUT2D eigenvalue weighted by Gasteiger charge is -2.05. The Hall–Kier alpha value is -2.36. The van der Waals surface area contributed by atoms with E-state index in [0.717, 1.165) is 11.1 Å². The predicted octanol–water partition coefficient (Wildman–Crippen LogP) is 0.0326. The second kappa shape index (κ2) is 3.06. The molecule has 0 N–H and O–H groups in total. The Bertz CT molecular complexity index is 635. The standard InChI is InChI=1S/C12H6N2O2/c15-9-5-3-7-1-2-8-4-6-10(16)14-12(8)11(7)13-9/h1-6H. The van der Waals surface area contributed by atoms with Crippen LogP contribution >= 0.6 is 0 Å². The van der Waals surface area contributed by atoms with Crippen LogP contribution in [0.3, 0.4) is 0 Å². The first-order valence-corrected chi connectivity index (χ1v) is 4.78. The van der Waals surface area contributed by atoms with E-state index in [4.69, 9.17) is 0 Å². The van der Waals surface area contributed by atoms with Crippen LogP contribution in [0.15, 0.2) is 34.3 Å². The van der Waals surface area contributed by atoms with Gasteiger partial charge in [0.05, 0.1) is 0 Å². The molecule has 0 saturated carbocycles. The first-order chi connectivity index (χ1) is 7.74. The minimum absolute atomic E-state index is 0.321. The molecular formula is C12H6N2O2. The van der Waals surface area contributed by atoms with Crippen molar-refractivity contribution in [2.24, 2.45) is 9.98 Å². The van der Waals surface area contributed by atoms with Crippen LogP contribution in [0.2, 0.25) is 0 Å². The number of hydrogen-bond acceptors (Lipinski definition) is 2. The van der Waals surface area contributed by atoms with Crippen LogP contribution < -0.4 is 10.7 Å². The Balaban J connectivity index is 2.49. The van der Waals surface area contributed by atoms with E-state index in [1.165, 1.54) is 12.2 Å². The van der Waals surface area contributed by atoms with Gasteiger partial charge >= 0.3 is 0 Å². The van der Waals surface area contributed by atoms with Crippen LogP contribution in [-0.4, -0.2) is 11.8 Å². The largest absolute Gasteiger partial charge is 0.270 e. The first kappa shape index (κ1) is 8.91. The fraction of sp³-hybridized carbons (Fsp3) is 0. The molecule has 1 aromatic carbocycles. The highest BCUT2D eigenvalue weighted by Crippen LogP contribution is 2.04. The molecule has 0 bridgehead atoms. The average molecular weight is 210 g/mol. The van der Waals surface area contributed by atoms with E-state index in [0.29, 0.717) is 10.7 Å². The molecular weight excluding hydrogens is 204 g/mol. The Labute approximate surface area is 90.3 Å². The van der Waals surface area contributed by atoms with Crippen LogP contribution in [0, 0.1) is 0 Å². The van der Waals surface area contributed by atoms with E-state index < -0.39 is 0 Å². The van der Waals surface area contributed by atoms with Gasteiger partial charge in [-0.25, -0.2) is 9.98 Å². The van der Waals surface area contributed by atoms with Gasteiger partial charge in [-0.1, -0.05) is 12.1 Å². The minimum Gasteiger partial charge on any atom is -0.267 e. The van der Waals surface area contributed by atoms with Crippen LogP contribution in [-0.2, 0) is 9.59 Å². The summed E-state index contributed by atoms with van der Waals surface area (Å²) in [6.45, 7) is 0. The molecule has 0 radical (unpaired) electrons. The molecule has 2 amide bonds. The lowest BCUT2D eigenvalue weighted by atomic mass is 10.1. The highest BCUT2D eigenvalue weighted by molar-refractivity contribution is 5.96. The monoisotopic (exact) mass is 210 g/mol. The fourth-order valence-electron chi connectivity index (χ4n) is 1.73. The number of rotatable bonds is 0. The molecule has 4 heteroatoms. The smallest absolute Gasteiger partial charge is 0.267 e. The lowest BCUT2D eigenvalue weighted by molar-refractivity contribution is -0.114. The summed E-state index contributed by atoms with van der Waals surface area (Å²) in [5.74, 6) is -0.642. The van der Waals surface area contributed by atoms with Crippen molar-refractivity contribution < 1.29 is 9.59 Å². The Kier molecular flexibility index (Phi) is 1.71. The van der Waals surface area contributed by atoms with Gasteiger partial charge in [-0.15, -0.1) is 0 Å². The third kappa shape index (κ3) is 1.24. The molecule has 0 aliphatic carbocycles. The highest BCUT2D eigenvalue weighted by atomic mass is 16.1. The Morgan fingerprint density at radius 1 is 0.688 bits per heavy atom. The third-order valence-corrected chi connectivity index (χ3v) is 2.47. The zero-order valence-electron chi connectivity index (χ0n) is 8.18. The molecule has 2 heterocycles. The average Bonchev–Trinajstić information content (AvgIpc) is 2.29. The van der Waals surface area contributed by atoms with Gasteiger partial charge in [0.1, 0.15) is 10.7 Å². The zero-order chi connectivity index (χ0) is 11.1. The summed E-state index contributed by atoms with van der Waals surface area (Å²) in [5.41, 5.74) is 1.62. The maximum Gasteiger partial charge on any atom is 0.270 e. The SMILES string of the molecule is O=C1C=Cc2ccc3c(c2=N1)=NC(=O)C=C3. The van der Waals surface area contributed by atoms with Crippen LogP contribution in [0.1, 0.15) is 11.1 Å². The molecule has 2 aliphatic rings. The maximum absolute atomic E-state index is 11.2. The van der Waals surface area contributed by atoms with Crippen molar-refractivity contribution in [1.29, 1.82) is 0 Å². The number of carbonyl (C=O) groups is 2. The van der Waals surface area contributed by atoms with Crippen molar-refractivity contribution in [2.45, 2.75) is 0 Å². The van der Waals surface area contributed by atoms with E-state index >= 15 is 0 Å². The summed E-state index contributed by atoms with van der Waals surface area (Å²) >= 11 is 0. The highest BCUT2D eigenvalue weighted by Gasteiger charge is 2.10. The van der Waals surface area contributed by atoms with Crippen molar-refractivity contribution in [3.05, 3.63) is 46.1 Å². The van der Waals surface area contributed by atoms with E-state index in [1.54, 1.807) is 12.2 Å². The predicted molar refractivity (Wildman–Crippen MR) is 56.8 cm³/mol. The summed E-state index contributed by atoms with van der Waals surface area (Å²) in [6.07, 6.45) is 6.16. The number of nitrogens with zero attached hydrogens (tertiary/aromatic N) is 2. The number of fused-ring (bicyclic) bond motifs is 3. The first-order valence-electron chi connectivity index (χ1n) is 4.78. The Morgan fingerprint density at radius 3 is 1.56 bits per heavy atom. The van der Waals surface area contributed by atoms with Crippen molar-refractivity contribution in [2.75, 3.05) is 0 Å². The van der Waals surface area contributed by atoms with Crippen molar-refractivity contribution in [1.82, 2.24) is 0 Å². The summed E-state index contributed by atoms with van der Waals surface area (Å²) in [6, 6.07) is 3.71. The second-order valence-electron chi connectivity index (χ2n) is 3.51. The summed E-state index contributed by atoms with van der Waals surface area (Å²) in [7, 11) is 0. The molecule has 16 heavy (non-hydrogen) atoms. The van der Waals surface area contributed by atoms with E-state index in [9.17, 15) is 9.59 Å². The van der Waals surface area contributed by atoms with Gasteiger partial charge in [-0.2, -0.15) is 0 Å². The normalized spacial score (nSPS) is 16.2. The van der Waals surface area contributed by atoms with Crippen LogP contribution in [0.5, 0.6) is 0 Å². The number of hydrogen-bond donors (Lipinski definition) is 0.